The second-order valence-electron chi connectivity index (χ2n) is 6.90. The molecule has 1 unspecified atom stereocenters. The smallest absolute Gasteiger partial charge is 0.269 e. The summed E-state index contributed by atoms with van der Waals surface area (Å²) >= 11 is 0. The topological polar surface area (TPSA) is 102 Å². The Morgan fingerprint density at radius 3 is 2.68 bits per heavy atom. The first-order chi connectivity index (χ1) is 13.4. The second-order valence-corrected chi connectivity index (χ2v) is 6.90. The molecule has 1 amide bonds. The van der Waals surface area contributed by atoms with Gasteiger partial charge in [0.05, 0.1) is 17.9 Å². The van der Waals surface area contributed by atoms with Crippen LogP contribution in [0.1, 0.15) is 18.4 Å². The zero-order valence-electron chi connectivity index (χ0n) is 15.9. The summed E-state index contributed by atoms with van der Waals surface area (Å²) in [4.78, 5) is 35.1. The summed E-state index contributed by atoms with van der Waals surface area (Å²) in [6, 6.07) is 6.08. The molecule has 1 aromatic heterocycles. The average molecular weight is 385 g/mol. The molecule has 0 bridgehead atoms. The molecule has 9 nitrogen and oxygen atoms in total. The summed E-state index contributed by atoms with van der Waals surface area (Å²) in [6.45, 7) is 1.15. The molecule has 3 rings (SSSR count). The lowest BCUT2D eigenvalue weighted by atomic mass is 10.1. The number of ether oxygens (including phenoxy) is 1. The van der Waals surface area contributed by atoms with Gasteiger partial charge in [0.15, 0.2) is 5.82 Å². The van der Waals surface area contributed by atoms with E-state index in [0.29, 0.717) is 24.8 Å². The molecule has 0 aliphatic carbocycles. The van der Waals surface area contributed by atoms with E-state index in [9.17, 15) is 14.9 Å². The number of benzene rings is 1. The van der Waals surface area contributed by atoms with Gasteiger partial charge in [0.1, 0.15) is 6.10 Å². The molecule has 0 N–H and O–H groups in total. The number of piperidine rings is 1. The van der Waals surface area contributed by atoms with Gasteiger partial charge < -0.3 is 14.5 Å². The van der Waals surface area contributed by atoms with Crippen molar-refractivity contribution < 1.29 is 14.5 Å². The number of nitro benzene ring substituents is 1. The molecule has 1 aromatic carbocycles. The number of non-ortho nitro benzene ring substituents is 1. The molecule has 1 saturated heterocycles. The monoisotopic (exact) mass is 385 g/mol. The van der Waals surface area contributed by atoms with Gasteiger partial charge in [-0.25, -0.2) is 9.97 Å². The summed E-state index contributed by atoms with van der Waals surface area (Å²) in [5.74, 6) is 1.09. The van der Waals surface area contributed by atoms with Crippen LogP contribution in [0.2, 0.25) is 0 Å². The molecule has 1 atom stereocenters. The highest BCUT2D eigenvalue weighted by atomic mass is 16.6. The van der Waals surface area contributed by atoms with E-state index < -0.39 is 4.92 Å². The number of hydrogen-bond acceptors (Lipinski definition) is 7. The van der Waals surface area contributed by atoms with Crippen LogP contribution >= 0.6 is 0 Å². The summed E-state index contributed by atoms with van der Waals surface area (Å²) in [5, 5.41) is 10.7. The van der Waals surface area contributed by atoms with Crippen LogP contribution in [0.25, 0.3) is 0 Å². The Labute approximate surface area is 163 Å². The fourth-order valence-electron chi connectivity index (χ4n) is 3.15. The number of likely N-dealkylation sites (tertiary alicyclic amines) is 1. The molecule has 1 aliphatic heterocycles. The third-order valence-electron chi connectivity index (χ3n) is 4.58. The molecule has 1 fully saturated rings. The summed E-state index contributed by atoms with van der Waals surface area (Å²) in [5.41, 5.74) is 0.769. The van der Waals surface area contributed by atoms with E-state index in [2.05, 4.69) is 9.97 Å². The number of carbonyl (C=O) groups excluding carboxylic acids is 1. The van der Waals surface area contributed by atoms with Gasteiger partial charge in [-0.3, -0.25) is 14.9 Å². The summed E-state index contributed by atoms with van der Waals surface area (Å²) in [7, 11) is 3.75. The minimum atomic E-state index is -0.452. The molecule has 2 aromatic rings. The van der Waals surface area contributed by atoms with E-state index in [1.807, 2.05) is 19.0 Å². The van der Waals surface area contributed by atoms with E-state index in [-0.39, 0.29) is 24.1 Å². The Bertz CT molecular complexity index is 840. The largest absolute Gasteiger partial charge is 0.470 e. The quantitative estimate of drug-likeness (QED) is 0.554. The molecular weight excluding hydrogens is 362 g/mol. The van der Waals surface area contributed by atoms with Gasteiger partial charge in [0.2, 0.25) is 5.91 Å². The predicted octanol–water partition coefficient (Wildman–Crippen LogP) is 2.06. The van der Waals surface area contributed by atoms with Gasteiger partial charge in [-0.15, -0.1) is 0 Å². The van der Waals surface area contributed by atoms with Gasteiger partial charge in [0.25, 0.3) is 11.6 Å². The Kier molecular flexibility index (Phi) is 6.03. The van der Waals surface area contributed by atoms with Crippen LogP contribution in [0.15, 0.2) is 36.7 Å². The molecule has 0 spiro atoms. The van der Waals surface area contributed by atoms with Crippen molar-refractivity contribution >= 4 is 17.4 Å². The van der Waals surface area contributed by atoms with Crippen LogP contribution in [-0.2, 0) is 11.2 Å². The third-order valence-corrected chi connectivity index (χ3v) is 4.58. The molecule has 0 saturated carbocycles. The van der Waals surface area contributed by atoms with E-state index in [4.69, 9.17) is 4.74 Å². The maximum Gasteiger partial charge on any atom is 0.269 e. The Morgan fingerprint density at radius 2 is 2.00 bits per heavy atom. The van der Waals surface area contributed by atoms with E-state index in [1.54, 1.807) is 29.4 Å². The van der Waals surface area contributed by atoms with Crippen LogP contribution in [0.5, 0.6) is 5.88 Å². The number of hydrogen-bond donors (Lipinski definition) is 0. The van der Waals surface area contributed by atoms with E-state index in [1.165, 1.54) is 12.1 Å². The average Bonchev–Trinajstić information content (AvgIpc) is 2.69. The zero-order chi connectivity index (χ0) is 20.1. The fraction of sp³-hybridized carbons (Fsp3) is 0.421. The molecule has 28 heavy (non-hydrogen) atoms. The SMILES string of the molecule is CN(C)c1nccnc1OC1CCCN(C(=O)Cc2ccc([N+](=O)[O-])cc2)C1. The molecule has 148 valence electrons. The summed E-state index contributed by atoms with van der Waals surface area (Å²) < 4.78 is 6.04. The van der Waals surface area contributed by atoms with Gasteiger partial charge in [0, 0.05) is 45.2 Å². The van der Waals surface area contributed by atoms with Crippen molar-refractivity contribution in [1.29, 1.82) is 0 Å². The Hall–Kier alpha value is -3.23. The first kappa shape index (κ1) is 19.5. The normalized spacial score (nSPS) is 16.5. The molecule has 1 aliphatic rings. The molecule has 9 heteroatoms. The van der Waals surface area contributed by atoms with Crippen LogP contribution < -0.4 is 9.64 Å². The van der Waals surface area contributed by atoms with Crippen molar-refractivity contribution in [1.82, 2.24) is 14.9 Å². The van der Waals surface area contributed by atoms with Gasteiger partial charge in [-0.05, 0) is 18.4 Å². The molecule has 2 heterocycles. The second kappa shape index (κ2) is 8.64. The maximum atomic E-state index is 12.7. The number of aromatic nitrogens is 2. The van der Waals surface area contributed by atoms with Crippen molar-refractivity contribution in [2.24, 2.45) is 0 Å². The highest BCUT2D eigenvalue weighted by Gasteiger charge is 2.26. The van der Waals surface area contributed by atoms with Crippen molar-refractivity contribution in [3.05, 3.63) is 52.3 Å². The number of amides is 1. The van der Waals surface area contributed by atoms with Crippen LogP contribution in [0, 0.1) is 10.1 Å². The van der Waals surface area contributed by atoms with Crippen LogP contribution in [0.4, 0.5) is 11.5 Å². The van der Waals surface area contributed by atoms with E-state index in [0.717, 1.165) is 18.4 Å². The number of carbonyl (C=O) groups is 1. The number of rotatable bonds is 6. The Morgan fingerprint density at radius 1 is 1.29 bits per heavy atom. The highest BCUT2D eigenvalue weighted by Crippen LogP contribution is 2.24. The third kappa shape index (κ3) is 4.73. The molecule has 0 radical (unpaired) electrons. The predicted molar refractivity (Wildman–Crippen MR) is 103 cm³/mol. The first-order valence-electron chi connectivity index (χ1n) is 9.10. The fourth-order valence-corrected chi connectivity index (χ4v) is 3.15. The van der Waals surface area contributed by atoms with Crippen molar-refractivity contribution in [2.75, 3.05) is 32.1 Å². The Balaban J connectivity index is 1.61. The van der Waals surface area contributed by atoms with Crippen LogP contribution in [-0.4, -0.2) is 59.0 Å². The van der Waals surface area contributed by atoms with Crippen molar-refractivity contribution in [2.45, 2.75) is 25.4 Å². The molecular formula is C19H23N5O4. The minimum Gasteiger partial charge on any atom is -0.470 e. The van der Waals surface area contributed by atoms with Crippen molar-refractivity contribution in [3.63, 3.8) is 0 Å². The lowest BCUT2D eigenvalue weighted by molar-refractivity contribution is -0.384. The van der Waals surface area contributed by atoms with Crippen LogP contribution in [0.3, 0.4) is 0 Å². The number of nitrogens with zero attached hydrogens (tertiary/aromatic N) is 5. The lowest BCUT2D eigenvalue weighted by Crippen LogP contribution is -2.45. The minimum absolute atomic E-state index is 0.0169. The van der Waals surface area contributed by atoms with E-state index >= 15 is 0 Å². The van der Waals surface area contributed by atoms with Gasteiger partial charge in [-0.1, -0.05) is 12.1 Å². The number of nitro groups is 1. The van der Waals surface area contributed by atoms with Crippen molar-refractivity contribution in [3.8, 4) is 5.88 Å². The summed E-state index contributed by atoms with van der Waals surface area (Å²) in [6.07, 6.45) is 4.94. The maximum absolute atomic E-state index is 12.7. The zero-order valence-corrected chi connectivity index (χ0v) is 15.9. The first-order valence-corrected chi connectivity index (χ1v) is 9.10. The highest BCUT2D eigenvalue weighted by molar-refractivity contribution is 5.79. The standard InChI is InChI=1S/C19H23N5O4/c1-22(2)18-19(21-10-9-20-18)28-16-4-3-11-23(13-16)17(25)12-14-5-7-15(8-6-14)24(26)27/h5-10,16H,3-4,11-13H2,1-2H3. The lowest BCUT2D eigenvalue weighted by Gasteiger charge is -2.33. The number of anilines is 1. The van der Waals surface area contributed by atoms with Gasteiger partial charge in [-0.2, -0.15) is 0 Å². The van der Waals surface area contributed by atoms with Gasteiger partial charge >= 0.3 is 0 Å².